The molecule has 0 atom stereocenters. The van der Waals surface area contributed by atoms with Crippen LogP contribution >= 0.6 is 0 Å². The molecule has 0 aliphatic carbocycles. The summed E-state index contributed by atoms with van der Waals surface area (Å²) in [6, 6.07) is 6.99. The van der Waals surface area contributed by atoms with E-state index in [2.05, 4.69) is 0 Å². The minimum absolute atomic E-state index is 0.335. The number of fused-ring (bicyclic) bond motifs is 3. The van der Waals surface area contributed by atoms with Crippen LogP contribution in [0.25, 0.3) is 21.9 Å². The highest BCUT2D eigenvalue weighted by molar-refractivity contribution is 6.04. The Morgan fingerprint density at radius 3 is 2.56 bits per heavy atom. The first kappa shape index (κ1) is 9.21. The number of hydrogen-bond donors (Lipinski definition) is 0. The predicted octanol–water partition coefficient (Wildman–Crippen LogP) is 3.16. The Morgan fingerprint density at radius 1 is 1.00 bits per heavy atom. The molecule has 0 unspecified atom stereocenters. The van der Waals surface area contributed by atoms with Crippen LogP contribution in [0.4, 0.5) is 0 Å². The van der Waals surface area contributed by atoms with Gasteiger partial charge in [0, 0.05) is 17.0 Å². The lowest BCUT2D eigenvalue weighted by atomic mass is 10.1. The van der Waals surface area contributed by atoms with E-state index in [-0.39, 0.29) is 5.63 Å². The molecular weight excluding hydrogens is 204 g/mol. The van der Waals surface area contributed by atoms with Gasteiger partial charge in [-0.2, -0.15) is 0 Å². The van der Waals surface area contributed by atoms with E-state index in [0.29, 0.717) is 5.58 Å². The minimum Gasteiger partial charge on any atom is -0.461 e. The molecule has 0 spiro atoms. The molecule has 0 bridgehead atoms. The van der Waals surface area contributed by atoms with E-state index in [1.165, 1.54) is 6.07 Å². The van der Waals surface area contributed by atoms with Crippen LogP contribution in [0.3, 0.4) is 0 Å². The van der Waals surface area contributed by atoms with Gasteiger partial charge in [-0.05, 0) is 32.0 Å². The maximum absolute atomic E-state index is 11.2. The molecule has 0 fully saturated rings. The highest BCUT2D eigenvalue weighted by atomic mass is 16.4. The normalized spacial score (nSPS) is 11.4. The third-order valence-corrected chi connectivity index (χ3v) is 2.92. The summed E-state index contributed by atoms with van der Waals surface area (Å²) in [7, 11) is 0. The van der Waals surface area contributed by atoms with Crippen LogP contribution < -0.4 is 5.63 Å². The number of furan rings is 1. The molecule has 1 aromatic carbocycles. The largest absolute Gasteiger partial charge is 0.461 e. The van der Waals surface area contributed by atoms with Crippen molar-refractivity contribution in [1.29, 1.82) is 0 Å². The van der Waals surface area contributed by atoms with Crippen LogP contribution in [-0.4, -0.2) is 0 Å². The molecule has 16 heavy (non-hydrogen) atoms. The van der Waals surface area contributed by atoms with Gasteiger partial charge in [-0.1, -0.05) is 0 Å². The monoisotopic (exact) mass is 214 g/mol. The Balaban J connectivity index is 2.66. The van der Waals surface area contributed by atoms with Gasteiger partial charge in [-0.15, -0.1) is 0 Å². The van der Waals surface area contributed by atoms with Gasteiger partial charge in [0.2, 0.25) is 0 Å². The van der Waals surface area contributed by atoms with Gasteiger partial charge in [0.25, 0.3) is 0 Å². The number of benzene rings is 1. The zero-order chi connectivity index (χ0) is 11.3. The lowest BCUT2D eigenvalue weighted by molar-refractivity contribution is 0.562. The number of aryl methyl sites for hydroxylation is 2. The van der Waals surface area contributed by atoms with Gasteiger partial charge in [0.1, 0.15) is 16.9 Å². The summed E-state index contributed by atoms with van der Waals surface area (Å²) >= 11 is 0. The van der Waals surface area contributed by atoms with Gasteiger partial charge < -0.3 is 8.83 Å². The van der Waals surface area contributed by atoms with Crippen molar-refractivity contribution >= 4 is 21.9 Å². The van der Waals surface area contributed by atoms with Crippen molar-refractivity contribution in [2.45, 2.75) is 13.8 Å². The molecule has 2 aromatic heterocycles. The Labute approximate surface area is 91.3 Å². The summed E-state index contributed by atoms with van der Waals surface area (Å²) < 4.78 is 10.8. The SMILES string of the molecule is Cc1oc2ccc3ccc(=O)oc3c2c1C. The molecule has 0 saturated carbocycles. The molecule has 0 N–H and O–H groups in total. The predicted molar refractivity (Wildman–Crippen MR) is 61.7 cm³/mol. The second-order valence-electron chi connectivity index (χ2n) is 3.89. The lowest BCUT2D eigenvalue weighted by Gasteiger charge is -1.97. The van der Waals surface area contributed by atoms with Crippen molar-refractivity contribution in [3.63, 3.8) is 0 Å². The smallest absolute Gasteiger partial charge is 0.336 e. The molecule has 3 rings (SSSR count). The average Bonchev–Trinajstić information content (AvgIpc) is 2.55. The Morgan fingerprint density at radius 2 is 1.75 bits per heavy atom. The fraction of sp³-hybridized carbons (Fsp3) is 0.154. The van der Waals surface area contributed by atoms with E-state index in [0.717, 1.165) is 27.7 Å². The summed E-state index contributed by atoms with van der Waals surface area (Å²) in [6.07, 6.45) is 0. The van der Waals surface area contributed by atoms with E-state index in [9.17, 15) is 4.79 Å². The van der Waals surface area contributed by atoms with Crippen molar-refractivity contribution in [3.8, 4) is 0 Å². The van der Waals surface area contributed by atoms with E-state index in [4.69, 9.17) is 8.83 Å². The van der Waals surface area contributed by atoms with E-state index in [1.54, 1.807) is 6.07 Å². The fourth-order valence-corrected chi connectivity index (χ4v) is 1.97. The molecule has 0 radical (unpaired) electrons. The maximum atomic E-state index is 11.2. The zero-order valence-corrected chi connectivity index (χ0v) is 9.03. The van der Waals surface area contributed by atoms with Crippen molar-refractivity contribution in [2.75, 3.05) is 0 Å². The Hall–Kier alpha value is -2.03. The van der Waals surface area contributed by atoms with Crippen LogP contribution in [0, 0.1) is 13.8 Å². The molecule has 3 nitrogen and oxygen atoms in total. The van der Waals surface area contributed by atoms with Crippen LogP contribution in [0.15, 0.2) is 37.9 Å². The molecule has 80 valence electrons. The summed E-state index contributed by atoms with van der Waals surface area (Å²) in [4.78, 5) is 11.2. The molecule has 0 aliphatic heterocycles. The average molecular weight is 214 g/mol. The second-order valence-corrected chi connectivity index (χ2v) is 3.89. The fourth-order valence-electron chi connectivity index (χ4n) is 1.97. The second kappa shape index (κ2) is 2.98. The summed E-state index contributed by atoms with van der Waals surface area (Å²) in [5.41, 5.74) is 2.06. The summed E-state index contributed by atoms with van der Waals surface area (Å²) in [5, 5.41) is 1.81. The van der Waals surface area contributed by atoms with Gasteiger partial charge >= 0.3 is 5.63 Å². The molecule has 3 heteroatoms. The van der Waals surface area contributed by atoms with Crippen molar-refractivity contribution in [3.05, 3.63) is 46.0 Å². The van der Waals surface area contributed by atoms with E-state index >= 15 is 0 Å². The third kappa shape index (κ3) is 1.11. The first-order valence-electron chi connectivity index (χ1n) is 5.09. The lowest BCUT2D eigenvalue weighted by Crippen LogP contribution is -1.94. The van der Waals surface area contributed by atoms with Crippen molar-refractivity contribution in [1.82, 2.24) is 0 Å². The maximum Gasteiger partial charge on any atom is 0.336 e. The highest BCUT2D eigenvalue weighted by Gasteiger charge is 2.12. The van der Waals surface area contributed by atoms with Crippen LogP contribution in [0.5, 0.6) is 0 Å². The van der Waals surface area contributed by atoms with E-state index in [1.807, 2.05) is 26.0 Å². The Bertz CT molecular complexity index is 747. The van der Waals surface area contributed by atoms with Gasteiger partial charge in [0.05, 0.1) is 5.39 Å². The minimum atomic E-state index is -0.335. The van der Waals surface area contributed by atoms with Crippen molar-refractivity contribution < 1.29 is 8.83 Å². The van der Waals surface area contributed by atoms with Gasteiger partial charge in [-0.3, -0.25) is 0 Å². The highest BCUT2D eigenvalue weighted by Crippen LogP contribution is 2.30. The van der Waals surface area contributed by atoms with Crippen LogP contribution in [0.2, 0.25) is 0 Å². The van der Waals surface area contributed by atoms with Gasteiger partial charge in [-0.25, -0.2) is 4.79 Å². The number of hydrogen-bond acceptors (Lipinski definition) is 3. The van der Waals surface area contributed by atoms with E-state index < -0.39 is 0 Å². The summed E-state index contributed by atoms with van der Waals surface area (Å²) in [6.45, 7) is 3.87. The molecule has 2 heterocycles. The third-order valence-electron chi connectivity index (χ3n) is 2.92. The molecule has 0 amide bonds. The molecule has 0 aliphatic rings. The van der Waals surface area contributed by atoms with Crippen molar-refractivity contribution in [2.24, 2.45) is 0 Å². The summed E-state index contributed by atoms with van der Waals surface area (Å²) in [5.74, 6) is 0.856. The first-order chi connectivity index (χ1) is 7.66. The standard InChI is InChI=1S/C13H10O3/c1-7-8(2)15-10-5-3-9-4-6-11(14)16-13(9)12(7)10/h3-6H,1-2H3. The molecule has 0 saturated heterocycles. The quantitative estimate of drug-likeness (QED) is 0.540. The topological polar surface area (TPSA) is 43.4 Å². The first-order valence-corrected chi connectivity index (χ1v) is 5.09. The molecular formula is C13H10O3. The van der Waals surface area contributed by atoms with Gasteiger partial charge in [0.15, 0.2) is 0 Å². The molecule has 3 aromatic rings. The van der Waals surface area contributed by atoms with Crippen LogP contribution in [0.1, 0.15) is 11.3 Å². The van der Waals surface area contributed by atoms with Crippen LogP contribution in [-0.2, 0) is 0 Å². The number of rotatable bonds is 0. The Kier molecular flexibility index (Phi) is 1.72. The zero-order valence-electron chi connectivity index (χ0n) is 9.03.